The van der Waals surface area contributed by atoms with Gasteiger partial charge in [0, 0.05) is 35.8 Å². The summed E-state index contributed by atoms with van der Waals surface area (Å²) in [6.45, 7) is 0. The van der Waals surface area contributed by atoms with Crippen molar-refractivity contribution >= 4 is 23.6 Å². The molecule has 0 spiro atoms. The molecule has 1 aromatic heterocycles. The Labute approximate surface area is 167 Å². The van der Waals surface area contributed by atoms with Crippen molar-refractivity contribution in [1.82, 2.24) is 15.1 Å². The number of rotatable bonds is 6. The number of nitrogens with zero attached hydrogens (tertiary/aromatic N) is 2. The number of carbonyl (C=O) groups is 2. The second-order valence-electron chi connectivity index (χ2n) is 6.81. The highest BCUT2D eigenvalue weighted by Gasteiger charge is 2.23. The van der Waals surface area contributed by atoms with Crippen LogP contribution in [0.15, 0.2) is 67.0 Å². The van der Waals surface area contributed by atoms with E-state index in [1.807, 2.05) is 0 Å². The molecule has 0 unspecified atom stereocenters. The number of amides is 2. The van der Waals surface area contributed by atoms with E-state index in [4.69, 9.17) is 0 Å². The summed E-state index contributed by atoms with van der Waals surface area (Å²) in [7, 11) is 0. The lowest BCUT2D eigenvalue weighted by molar-refractivity contribution is -0.111. The number of hydrogen-bond acceptors (Lipinski definition) is 3. The first-order valence-electron chi connectivity index (χ1n) is 9.28. The second kappa shape index (κ2) is 8.10. The number of hydrogen-bond donors (Lipinski definition) is 2. The molecule has 1 heterocycles. The highest BCUT2D eigenvalue weighted by Crippen LogP contribution is 2.20. The van der Waals surface area contributed by atoms with Crippen LogP contribution in [0.4, 0.5) is 10.1 Å². The zero-order valence-corrected chi connectivity index (χ0v) is 15.5. The summed E-state index contributed by atoms with van der Waals surface area (Å²) in [5, 5.41) is 9.54. The zero-order valence-electron chi connectivity index (χ0n) is 15.5. The van der Waals surface area contributed by atoms with Gasteiger partial charge in [-0.25, -0.2) is 9.07 Å². The smallest absolute Gasteiger partial charge is 0.251 e. The molecule has 3 aromatic rings. The zero-order chi connectivity index (χ0) is 20.2. The fourth-order valence-electron chi connectivity index (χ4n) is 2.78. The Hall–Kier alpha value is -3.74. The minimum Gasteiger partial charge on any atom is -0.349 e. The lowest BCUT2D eigenvalue weighted by atomic mass is 10.1. The molecule has 4 rings (SSSR count). The number of aromatic nitrogens is 2. The number of carbonyl (C=O) groups excluding carboxylic acids is 2. The van der Waals surface area contributed by atoms with Gasteiger partial charge in [0.15, 0.2) is 5.82 Å². The Morgan fingerprint density at radius 1 is 1.14 bits per heavy atom. The fraction of sp³-hybridized carbons (Fsp3) is 0.136. The third kappa shape index (κ3) is 4.76. The van der Waals surface area contributed by atoms with Crippen LogP contribution in [-0.2, 0) is 4.79 Å². The monoisotopic (exact) mass is 390 g/mol. The fourth-order valence-corrected chi connectivity index (χ4v) is 2.78. The van der Waals surface area contributed by atoms with Gasteiger partial charge in [0.25, 0.3) is 5.91 Å². The average Bonchev–Trinajstić information content (AvgIpc) is 3.36. The molecule has 1 aliphatic rings. The summed E-state index contributed by atoms with van der Waals surface area (Å²) < 4.78 is 15.6. The molecule has 0 saturated heterocycles. The molecular formula is C22H19FN4O2. The standard InChI is InChI=1S/C22H19FN4O2/c23-19-14-18(9-10-20(19)27-13-1-12-24-27)25-21(28)11-4-15-2-5-16(6-3-15)22(29)26-17-7-8-17/h1-6,9-14,17H,7-8H2,(H,25,28)(H,26,29)/b11-4+. The van der Waals surface area contributed by atoms with Gasteiger partial charge in [0.2, 0.25) is 5.91 Å². The number of anilines is 1. The van der Waals surface area contributed by atoms with Crippen LogP contribution in [0.5, 0.6) is 0 Å². The van der Waals surface area contributed by atoms with Crippen molar-refractivity contribution in [1.29, 1.82) is 0 Å². The Bertz CT molecular complexity index is 1050. The largest absolute Gasteiger partial charge is 0.349 e. The van der Waals surface area contributed by atoms with E-state index < -0.39 is 5.82 Å². The molecule has 146 valence electrons. The minimum absolute atomic E-state index is 0.0821. The Morgan fingerprint density at radius 3 is 2.59 bits per heavy atom. The molecule has 1 aliphatic carbocycles. The topological polar surface area (TPSA) is 76.0 Å². The first-order chi connectivity index (χ1) is 14.1. The van der Waals surface area contributed by atoms with E-state index >= 15 is 0 Å². The van der Waals surface area contributed by atoms with Gasteiger partial charge in [-0.05, 0) is 60.9 Å². The van der Waals surface area contributed by atoms with E-state index in [-0.39, 0.29) is 11.8 Å². The van der Waals surface area contributed by atoms with Crippen molar-refractivity contribution in [2.75, 3.05) is 5.32 Å². The minimum atomic E-state index is -0.490. The molecule has 2 aromatic carbocycles. The van der Waals surface area contributed by atoms with E-state index in [1.165, 1.54) is 16.8 Å². The van der Waals surface area contributed by atoms with Gasteiger partial charge >= 0.3 is 0 Å². The molecule has 0 aliphatic heterocycles. The third-order valence-electron chi connectivity index (χ3n) is 4.48. The number of halogens is 1. The number of nitrogens with one attached hydrogen (secondary N) is 2. The van der Waals surface area contributed by atoms with Gasteiger partial charge in [-0.3, -0.25) is 9.59 Å². The van der Waals surface area contributed by atoms with Gasteiger partial charge in [0.1, 0.15) is 5.69 Å². The maximum absolute atomic E-state index is 14.2. The molecule has 0 bridgehead atoms. The summed E-state index contributed by atoms with van der Waals surface area (Å²) in [6.07, 6.45) is 8.27. The van der Waals surface area contributed by atoms with E-state index in [9.17, 15) is 14.0 Å². The highest BCUT2D eigenvalue weighted by molar-refractivity contribution is 6.02. The van der Waals surface area contributed by atoms with Crippen LogP contribution in [0, 0.1) is 5.82 Å². The molecule has 2 amide bonds. The molecule has 2 N–H and O–H groups in total. The van der Waals surface area contributed by atoms with E-state index in [0.717, 1.165) is 18.4 Å². The second-order valence-corrected chi connectivity index (χ2v) is 6.81. The van der Waals surface area contributed by atoms with Gasteiger partial charge in [-0.1, -0.05) is 12.1 Å². The maximum Gasteiger partial charge on any atom is 0.251 e. The van der Waals surface area contributed by atoms with Gasteiger partial charge in [-0.2, -0.15) is 5.10 Å². The van der Waals surface area contributed by atoms with Crippen LogP contribution in [0.2, 0.25) is 0 Å². The SMILES string of the molecule is O=C(/C=C/c1ccc(C(=O)NC2CC2)cc1)Nc1ccc(-n2cccn2)c(F)c1. The van der Waals surface area contributed by atoms with E-state index in [2.05, 4.69) is 15.7 Å². The number of benzene rings is 2. The Kier molecular flexibility index (Phi) is 5.20. The van der Waals surface area contributed by atoms with Crippen molar-refractivity contribution in [3.63, 3.8) is 0 Å². The Morgan fingerprint density at radius 2 is 1.93 bits per heavy atom. The summed E-state index contributed by atoms with van der Waals surface area (Å²) in [5.41, 5.74) is 2.02. The first kappa shape index (κ1) is 18.6. The first-order valence-corrected chi connectivity index (χ1v) is 9.28. The van der Waals surface area contributed by atoms with E-state index in [0.29, 0.717) is 23.0 Å². The molecule has 1 fully saturated rings. The molecule has 1 saturated carbocycles. The van der Waals surface area contributed by atoms with Crippen LogP contribution < -0.4 is 10.6 Å². The predicted octanol–water partition coefficient (Wildman–Crippen LogP) is 3.56. The Balaban J connectivity index is 1.36. The lowest BCUT2D eigenvalue weighted by Crippen LogP contribution is -2.25. The van der Waals surface area contributed by atoms with Crippen LogP contribution in [0.1, 0.15) is 28.8 Å². The maximum atomic E-state index is 14.2. The van der Waals surface area contributed by atoms with Crippen molar-refractivity contribution in [3.05, 3.63) is 83.9 Å². The van der Waals surface area contributed by atoms with E-state index in [1.54, 1.807) is 60.9 Å². The van der Waals surface area contributed by atoms with Crippen molar-refractivity contribution in [2.24, 2.45) is 0 Å². The normalized spacial score (nSPS) is 13.4. The molecular weight excluding hydrogens is 371 g/mol. The van der Waals surface area contributed by atoms with Crippen molar-refractivity contribution in [3.8, 4) is 5.69 Å². The van der Waals surface area contributed by atoms with Gasteiger partial charge < -0.3 is 10.6 Å². The van der Waals surface area contributed by atoms with Crippen LogP contribution >= 0.6 is 0 Å². The van der Waals surface area contributed by atoms with Crippen LogP contribution in [-0.4, -0.2) is 27.6 Å². The van der Waals surface area contributed by atoms with Crippen LogP contribution in [0.3, 0.4) is 0 Å². The summed E-state index contributed by atoms with van der Waals surface area (Å²) >= 11 is 0. The lowest BCUT2D eigenvalue weighted by Gasteiger charge is -2.07. The van der Waals surface area contributed by atoms with Gasteiger partial charge in [0.05, 0.1) is 0 Å². The summed E-state index contributed by atoms with van der Waals surface area (Å²) in [4.78, 5) is 24.1. The summed E-state index contributed by atoms with van der Waals surface area (Å²) in [6, 6.07) is 13.4. The molecule has 29 heavy (non-hydrogen) atoms. The van der Waals surface area contributed by atoms with Crippen molar-refractivity contribution < 1.29 is 14.0 Å². The molecule has 6 nitrogen and oxygen atoms in total. The molecule has 0 atom stereocenters. The average molecular weight is 390 g/mol. The predicted molar refractivity (Wildman–Crippen MR) is 108 cm³/mol. The third-order valence-corrected chi connectivity index (χ3v) is 4.48. The summed E-state index contributed by atoms with van der Waals surface area (Å²) in [5.74, 6) is -0.955. The van der Waals surface area contributed by atoms with Crippen molar-refractivity contribution in [2.45, 2.75) is 18.9 Å². The van der Waals surface area contributed by atoms with Gasteiger partial charge in [-0.15, -0.1) is 0 Å². The quantitative estimate of drug-likeness (QED) is 0.632. The molecule has 7 heteroatoms. The molecule has 0 radical (unpaired) electrons. The highest BCUT2D eigenvalue weighted by atomic mass is 19.1. The van der Waals surface area contributed by atoms with Crippen LogP contribution in [0.25, 0.3) is 11.8 Å².